The Hall–Kier alpha value is -1.87. The van der Waals surface area contributed by atoms with Gasteiger partial charge >= 0.3 is 0 Å². The van der Waals surface area contributed by atoms with E-state index in [1.54, 1.807) is 0 Å². The van der Waals surface area contributed by atoms with Crippen molar-refractivity contribution < 1.29 is 4.74 Å². The molecule has 1 unspecified atom stereocenters. The Morgan fingerprint density at radius 3 is 2.81 bits per heavy atom. The first-order chi connectivity index (χ1) is 10.2. The molecule has 0 bridgehead atoms. The van der Waals surface area contributed by atoms with E-state index in [1.165, 1.54) is 16.7 Å². The maximum atomic E-state index is 5.79. The molecule has 3 heteroatoms. The van der Waals surface area contributed by atoms with E-state index in [4.69, 9.17) is 4.74 Å². The fraction of sp³-hybridized carbons (Fsp3) is 0.389. The highest BCUT2D eigenvalue weighted by atomic mass is 16.5. The van der Waals surface area contributed by atoms with Crippen molar-refractivity contribution in [3.8, 4) is 5.75 Å². The SMILES string of the molecule is CC(C)c1ccc2c(c1)C(NCc1ccncc1)CCO2. The Balaban J connectivity index is 1.77. The summed E-state index contributed by atoms with van der Waals surface area (Å²) in [5.41, 5.74) is 3.93. The smallest absolute Gasteiger partial charge is 0.124 e. The Labute approximate surface area is 126 Å². The summed E-state index contributed by atoms with van der Waals surface area (Å²) in [4.78, 5) is 4.06. The summed E-state index contributed by atoms with van der Waals surface area (Å²) in [6.07, 6.45) is 4.69. The maximum absolute atomic E-state index is 5.79. The molecule has 0 radical (unpaired) electrons. The minimum atomic E-state index is 0.362. The van der Waals surface area contributed by atoms with Gasteiger partial charge in [-0.05, 0) is 35.2 Å². The molecule has 2 heterocycles. The van der Waals surface area contributed by atoms with Gasteiger partial charge in [-0.2, -0.15) is 0 Å². The van der Waals surface area contributed by atoms with Gasteiger partial charge in [0.05, 0.1) is 6.61 Å². The standard InChI is InChI=1S/C18H22N2O/c1-13(2)15-3-4-18-16(11-15)17(7-10-21-18)20-12-14-5-8-19-9-6-14/h3-6,8-9,11,13,17,20H,7,10,12H2,1-2H3. The number of rotatable bonds is 4. The zero-order valence-corrected chi connectivity index (χ0v) is 12.7. The maximum Gasteiger partial charge on any atom is 0.124 e. The predicted octanol–water partition coefficient (Wildman–Crippen LogP) is 3.82. The number of pyridine rings is 1. The molecule has 1 aliphatic heterocycles. The largest absolute Gasteiger partial charge is 0.493 e. The molecule has 1 aromatic carbocycles. The quantitative estimate of drug-likeness (QED) is 0.925. The lowest BCUT2D eigenvalue weighted by atomic mass is 9.94. The van der Waals surface area contributed by atoms with Crippen LogP contribution >= 0.6 is 0 Å². The molecule has 110 valence electrons. The van der Waals surface area contributed by atoms with Gasteiger partial charge in [-0.3, -0.25) is 4.98 Å². The first-order valence-electron chi connectivity index (χ1n) is 7.63. The molecule has 21 heavy (non-hydrogen) atoms. The van der Waals surface area contributed by atoms with Crippen molar-refractivity contribution >= 4 is 0 Å². The lowest BCUT2D eigenvalue weighted by Gasteiger charge is -2.28. The van der Waals surface area contributed by atoms with E-state index < -0.39 is 0 Å². The summed E-state index contributed by atoms with van der Waals surface area (Å²) >= 11 is 0. The lowest BCUT2D eigenvalue weighted by Crippen LogP contribution is -2.27. The van der Waals surface area contributed by atoms with Crippen LogP contribution < -0.4 is 10.1 Å². The average Bonchev–Trinajstić information content (AvgIpc) is 2.53. The summed E-state index contributed by atoms with van der Waals surface area (Å²) in [5, 5.41) is 3.65. The monoisotopic (exact) mass is 282 g/mol. The summed E-state index contributed by atoms with van der Waals surface area (Å²) in [7, 11) is 0. The molecule has 0 saturated carbocycles. The second-order valence-electron chi connectivity index (χ2n) is 5.88. The van der Waals surface area contributed by atoms with Gasteiger partial charge in [0.2, 0.25) is 0 Å². The van der Waals surface area contributed by atoms with Crippen LogP contribution in [0.4, 0.5) is 0 Å². The molecule has 3 nitrogen and oxygen atoms in total. The normalized spacial score (nSPS) is 17.4. The van der Waals surface area contributed by atoms with Crippen LogP contribution in [0.5, 0.6) is 5.75 Å². The van der Waals surface area contributed by atoms with Gasteiger partial charge in [0.25, 0.3) is 0 Å². The zero-order valence-electron chi connectivity index (χ0n) is 12.7. The van der Waals surface area contributed by atoms with Crippen molar-refractivity contribution in [1.82, 2.24) is 10.3 Å². The predicted molar refractivity (Wildman–Crippen MR) is 84.5 cm³/mol. The van der Waals surface area contributed by atoms with Crippen LogP contribution in [0, 0.1) is 0 Å². The number of benzene rings is 1. The van der Waals surface area contributed by atoms with E-state index in [9.17, 15) is 0 Å². The second kappa shape index (κ2) is 6.27. The number of fused-ring (bicyclic) bond motifs is 1. The third-order valence-corrected chi connectivity index (χ3v) is 4.04. The number of hydrogen-bond acceptors (Lipinski definition) is 3. The van der Waals surface area contributed by atoms with Crippen molar-refractivity contribution in [1.29, 1.82) is 0 Å². The Morgan fingerprint density at radius 1 is 1.24 bits per heavy atom. The van der Waals surface area contributed by atoms with Gasteiger partial charge in [-0.15, -0.1) is 0 Å². The summed E-state index contributed by atoms with van der Waals surface area (Å²) in [6.45, 7) is 6.09. The molecular weight excluding hydrogens is 260 g/mol. The molecule has 1 aliphatic rings. The van der Waals surface area contributed by atoms with E-state index in [0.29, 0.717) is 12.0 Å². The van der Waals surface area contributed by atoms with Crippen molar-refractivity contribution in [2.24, 2.45) is 0 Å². The Kier molecular flexibility index (Phi) is 4.20. The van der Waals surface area contributed by atoms with Gasteiger partial charge in [0.1, 0.15) is 5.75 Å². The molecule has 0 saturated heterocycles. The Bertz CT molecular complexity index is 595. The van der Waals surface area contributed by atoms with Crippen molar-refractivity contribution in [3.05, 3.63) is 59.4 Å². The van der Waals surface area contributed by atoms with E-state index in [0.717, 1.165) is 25.3 Å². The zero-order chi connectivity index (χ0) is 14.7. The second-order valence-corrected chi connectivity index (χ2v) is 5.88. The highest BCUT2D eigenvalue weighted by Crippen LogP contribution is 2.34. The molecule has 0 spiro atoms. The van der Waals surface area contributed by atoms with Crippen molar-refractivity contribution in [2.75, 3.05) is 6.61 Å². The van der Waals surface area contributed by atoms with Gasteiger partial charge in [0, 0.05) is 37.0 Å². The first-order valence-corrected chi connectivity index (χ1v) is 7.63. The Morgan fingerprint density at radius 2 is 2.05 bits per heavy atom. The third kappa shape index (κ3) is 3.24. The van der Waals surface area contributed by atoms with Gasteiger partial charge in [0.15, 0.2) is 0 Å². The summed E-state index contributed by atoms with van der Waals surface area (Å²) in [6, 6.07) is 11.1. The highest BCUT2D eigenvalue weighted by molar-refractivity contribution is 5.41. The lowest BCUT2D eigenvalue weighted by molar-refractivity contribution is 0.252. The van der Waals surface area contributed by atoms with Crippen LogP contribution in [0.3, 0.4) is 0 Å². The van der Waals surface area contributed by atoms with Crippen molar-refractivity contribution in [2.45, 2.75) is 38.8 Å². The number of ether oxygens (including phenoxy) is 1. The summed E-state index contributed by atoms with van der Waals surface area (Å²) < 4.78 is 5.79. The molecule has 1 aromatic heterocycles. The van der Waals surface area contributed by atoms with Crippen LogP contribution in [0.2, 0.25) is 0 Å². The number of hydrogen-bond donors (Lipinski definition) is 1. The van der Waals surface area contributed by atoms with Crippen LogP contribution in [0.25, 0.3) is 0 Å². The van der Waals surface area contributed by atoms with E-state index in [1.807, 2.05) is 12.4 Å². The highest BCUT2D eigenvalue weighted by Gasteiger charge is 2.21. The molecule has 0 aliphatic carbocycles. The number of aromatic nitrogens is 1. The molecule has 1 N–H and O–H groups in total. The number of nitrogens with one attached hydrogen (secondary N) is 1. The average molecular weight is 282 g/mol. The van der Waals surface area contributed by atoms with Crippen LogP contribution in [0.15, 0.2) is 42.7 Å². The van der Waals surface area contributed by atoms with E-state index in [2.05, 4.69) is 54.5 Å². The van der Waals surface area contributed by atoms with Crippen LogP contribution in [-0.4, -0.2) is 11.6 Å². The molecule has 0 amide bonds. The number of nitrogens with zero attached hydrogens (tertiary/aromatic N) is 1. The molecule has 3 rings (SSSR count). The first kappa shape index (κ1) is 14.1. The van der Waals surface area contributed by atoms with Crippen molar-refractivity contribution in [3.63, 3.8) is 0 Å². The van der Waals surface area contributed by atoms with Crippen LogP contribution in [0.1, 0.15) is 48.9 Å². The summed E-state index contributed by atoms with van der Waals surface area (Å²) in [5.74, 6) is 1.57. The van der Waals surface area contributed by atoms with Gasteiger partial charge in [-0.25, -0.2) is 0 Å². The van der Waals surface area contributed by atoms with Crippen LogP contribution in [-0.2, 0) is 6.54 Å². The molecule has 2 aromatic rings. The van der Waals surface area contributed by atoms with Gasteiger partial charge < -0.3 is 10.1 Å². The third-order valence-electron chi connectivity index (χ3n) is 4.04. The molecular formula is C18H22N2O. The van der Waals surface area contributed by atoms with Gasteiger partial charge in [-0.1, -0.05) is 26.0 Å². The fourth-order valence-electron chi connectivity index (χ4n) is 2.73. The van der Waals surface area contributed by atoms with E-state index in [-0.39, 0.29) is 0 Å². The molecule has 0 fully saturated rings. The van der Waals surface area contributed by atoms with E-state index >= 15 is 0 Å². The fourth-order valence-corrected chi connectivity index (χ4v) is 2.73. The topological polar surface area (TPSA) is 34.2 Å². The molecule has 1 atom stereocenters. The minimum absolute atomic E-state index is 0.362. The minimum Gasteiger partial charge on any atom is -0.493 e.